The number of carboxylic acid groups (broad SMARTS) is 1. The quantitative estimate of drug-likeness (QED) is 0.912. The molecule has 0 radical (unpaired) electrons. The number of imidazole rings is 1. The Morgan fingerprint density at radius 1 is 1.30 bits per heavy atom. The number of carbonyl (C=O) groups excluding carboxylic acids is 1. The van der Waals surface area contributed by atoms with Crippen molar-refractivity contribution in [2.24, 2.45) is 7.05 Å². The van der Waals surface area contributed by atoms with Crippen LogP contribution in [0.25, 0.3) is 0 Å². The van der Waals surface area contributed by atoms with Crippen molar-refractivity contribution in [3.05, 3.63) is 46.0 Å². The van der Waals surface area contributed by atoms with E-state index in [0.29, 0.717) is 5.69 Å². The van der Waals surface area contributed by atoms with E-state index in [0.717, 1.165) is 0 Å². The van der Waals surface area contributed by atoms with Crippen LogP contribution in [0.1, 0.15) is 20.8 Å². The number of hydrogen-bond acceptors (Lipinski definition) is 3. The molecule has 0 aliphatic heterocycles. The summed E-state index contributed by atoms with van der Waals surface area (Å²) >= 11 is 11.9. The number of nitrogens with one attached hydrogen (secondary N) is 1. The minimum Gasteiger partial charge on any atom is -0.478 e. The fourth-order valence-electron chi connectivity index (χ4n) is 1.57. The zero-order valence-electron chi connectivity index (χ0n) is 10.2. The van der Waals surface area contributed by atoms with Gasteiger partial charge in [0.2, 0.25) is 0 Å². The zero-order chi connectivity index (χ0) is 14.9. The minimum absolute atomic E-state index is 0.0467. The molecule has 0 atom stereocenters. The first kappa shape index (κ1) is 14.4. The van der Waals surface area contributed by atoms with Crippen molar-refractivity contribution in [1.29, 1.82) is 0 Å². The average molecular weight is 314 g/mol. The number of aryl methyl sites for hydroxylation is 1. The lowest BCUT2D eigenvalue weighted by atomic mass is 10.2. The molecule has 0 unspecified atom stereocenters. The molecule has 0 saturated carbocycles. The summed E-state index contributed by atoms with van der Waals surface area (Å²) in [5.41, 5.74) is 0.419. The van der Waals surface area contributed by atoms with Gasteiger partial charge in [-0.25, -0.2) is 9.78 Å². The monoisotopic (exact) mass is 313 g/mol. The Hall–Kier alpha value is -2.05. The van der Waals surface area contributed by atoms with Crippen LogP contribution >= 0.6 is 23.2 Å². The molecule has 6 nitrogen and oxygen atoms in total. The molecule has 2 N–H and O–H groups in total. The third-order valence-corrected chi connectivity index (χ3v) is 3.17. The molecule has 1 heterocycles. The average Bonchev–Trinajstić information content (AvgIpc) is 2.79. The van der Waals surface area contributed by atoms with E-state index in [1.54, 1.807) is 7.05 Å². The summed E-state index contributed by atoms with van der Waals surface area (Å²) in [5.74, 6) is -1.60. The van der Waals surface area contributed by atoms with Crippen molar-refractivity contribution in [3.8, 4) is 0 Å². The number of aromatic nitrogens is 2. The summed E-state index contributed by atoms with van der Waals surface area (Å²) in [4.78, 5) is 26.7. The van der Waals surface area contributed by atoms with Gasteiger partial charge in [0.25, 0.3) is 5.91 Å². The molecule has 8 heteroatoms. The maximum Gasteiger partial charge on any atom is 0.335 e. The van der Waals surface area contributed by atoms with Crippen LogP contribution in [0.15, 0.2) is 24.7 Å². The summed E-state index contributed by atoms with van der Waals surface area (Å²) in [6.45, 7) is 0. The molecule has 1 aromatic carbocycles. The van der Waals surface area contributed by atoms with E-state index in [-0.39, 0.29) is 21.3 Å². The van der Waals surface area contributed by atoms with Crippen molar-refractivity contribution in [2.45, 2.75) is 0 Å². The molecule has 2 aromatic rings. The number of carbonyl (C=O) groups is 2. The Morgan fingerprint density at radius 3 is 2.35 bits per heavy atom. The van der Waals surface area contributed by atoms with Crippen LogP contribution in [0, 0.1) is 0 Å². The molecule has 0 fully saturated rings. The minimum atomic E-state index is -1.15. The third kappa shape index (κ3) is 2.76. The highest BCUT2D eigenvalue weighted by Crippen LogP contribution is 2.32. The fourth-order valence-corrected chi connectivity index (χ4v) is 2.15. The molecule has 0 saturated heterocycles. The van der Waals surface area contributed by atoms with Gasteiger partial charge in [0, 0.05) is 7.05 Å². The molecule has 1 aromatic heterocycles. The van der Waals surface area contributed by atoms with Gasteiger partial charge in [0.15, 0.2) is 0 Å². The number of aromatic carboxylic acids is 1. The summed E-state index contributed by atoms with van der Waals surface area (Å²) < 4.78 is 1.53. The van der Waals surface area contributed by atoms with Crippen LogP contribution in [0.3, 0.4) is 0 Å². The maximum atomic E-state index is 12.0. The topological polar surface area (TPSA) is 84.2 Å². The highest BCUT2D eigenvalue weighted by Gasteiger charge is 2.16. The highest BCUT2D eigenvalue weighted by molar-refractivity contribution is 6.40. The molecule has 2 rings (SSSR count). The van der Waals surface area contributed by atoms with Gasteiger partial charge in [0.1, 0.15) is 5.69 Å². The van der Waals surface area contributed by atoms with Gasteiger partial charge >= 0.3 is 5.97 Å². The lowest BCUT2D eigenvalue weighted by Gasteiger charge is -2.10. The lowest BCUT2D eigenvalue weighted by Crippen LogP contribution is -2.16. The Balaban J connectivity index is 2.33. The van der Waals surface area contributed by atoms with E-state index in [1.807, 2.05) is 0 Å². The molecule has 1 amide bonds. The predicted octanol–water partition coefficient (Wildman–Crippen LogP) is 2.68. The van der Waals surface area contributed by atoms with Crippen LogP contribution < -0.4 is 5.32 Å². The highest BCUT2D eigenvalue weighted by atomic mass is 35.5. The maximum absolute atomic E-state index is 12.0. The molecule has 0 aliphatic rings. The normalized spacial score (nSPS) is 10.3. The molecule has 20 heavy (non-hydrogen) atoms. The molecule has 0 aliphatic carbocycles. The summed E-state index contributed by atoms with van der Waals surface area (Å²) in [5, 5.41) is 11.5. The number of halogens is 2. The number of nitrogens with zero attached hydrogens (tertiary/aromatic N) is 2. The SMILES string of the molecule is Cn1cncc1C(=O)Nc1c(Cl)cc(C(=O)O)cc1Cl. The second kappa shape index (κ2) is 5.52. The van der Waals surface area contributed by atoms with Gasteiger partial charge in [-0.15, -0.1) is 0 Å². The van der Waals surface area contributed by atoms with Gasteiger partial charge in [-0.2, -0.15) is 0 Å². The Kier molecular flexibility index (Phi) is 3.96. The second-order valence-corrected chi connectivity index (χ2v) is 4.78. The standard InChI is InChI=1S/C12H9Cl2N3O3/c1-17-5-15-4-9(17)11(18)16-10-7(13)2-6(12(19)20)3-8(10)14/h2-5H,1H3,(H,16,18)(H,19,20). The first-order valence-electron chi connectivity index (χ1n) is 5.40. The summed E-state index contributed by atoms with van der Waals surface area (Å²) in [7, 11) is 1.67. The molecule has 104 valence electrons. The Morgan fingerprint density at radius 2 is 1.90 bits per heavy atom. The number of hydrogen-bond donors (Lipinski definition) is 2. The molecular weight excluding hydrogens is 305 g/mol. The zero-order valence-corrected chi connectivity index (χ0v) is 11.7. The van der Waals surface area contributed by atoms with E-state index < -0.39 is 11.9 Å². The summed E-state index contributed by atoms with van der Waals surface area (Å²) in [6, 6.07) is 2.43. The summed E-state index contributed by atoms with van der Waals surface area (Å²) in [6.07, 6.45) is 2.87. The van der Waals surface area contributed by atoms with E-state index in [4.69, 9.17) is 28.3 Å². The van der Waals surface area contributed by atoms with E-state index in [2.05, 4.69) is 10.3 Å². The number of rotatable bonds is 3. The Labute approximate surface area is 123 Å². The largest absolute Gasteiger partial charge is 0.478 e. The van der Waals surface area contributed by atoms with Gasteiger partial charge in [-0.1, -0.05) is 23.2 Å². The van der Waals surface area contributed by atoms with Crippen LogP contribution in [0.2, 0.25) is 10.0 Å². The van der Waals surface area contributed by atoms with Crippen LogP contribution in [-0.2, 0) is 7.05 Å². The number of anilines is 1. The van der Waals surface area contributed by atoms with Gasteiger partial charge < -0.3 is 15.0 Å². The number of amides is 1. The van der Waals surface area contributed by atoms with Gasteiger partial charge in [0.05, 0.1) is 33.8 Å². The fraction of sp³-hybridized carbons (Fsp3) is 0.0833. The van der Waals surface area contributed by atoms with Crippen molar-refractivity contribution in [2.75, 3.05) is 5.32 Å². The first-order chi connectivity index (χ1) is 9.40. The number of benzene rings is 1. The molecular formula is C12H9Cl2N3O3. The second-order valence-electron chi connectivity index (χ2n) is 3.96. The molecule has 0 spiro atoms. The smallest absolute Gasteiger partial charge is 0.335 e. The van der Waals surface area contributed by atoms with Crippen LogP contribution in [0.4, 0.5) is 5.69 Å². The van der Waals surface area contributed by atoms with Crippen LogP contribution in [-0.4, -0.2) is 26.5 Å². The first-order valence-corrected chi connectivity index (χ1v) is 6.15. The Bertz CT molecular complexity index is 674. The third-order valence-electron chi connectivity index (χ3n) is 2.58. The van der Waals surface area contributed by atoms with E-state index in [1.165, 1.54) is 29.2 Å². The van der Waals surface area contributed by atoms with Crippen molar-refractivity contribution >= 4 is 40.8 Å². The lowest BCUT2D eigenvalue weighted by molar-refractivity contribution is 0.0696. The van der Waals surface area contributed by atoms with E-state index >= 15 is 0 Å². The van der Waals surface area contributed by atoms with Gasteiger partial charge in [-0.05, 0) is 12.1 Å². The van der Waals surface area contributed by atoms with Crippen molar-refractivity contribution in [1.82, 2.24) is 9.55 Å². The van der Waals surface area contributed by atoms with E-state index in [9.17, 15) is 9.59 Å². The van der Waals surface area contributed by atoms with Gasteiger partial charge in [-0.3, -0.25) is 4.79 Å². The van der Waals surface area contributed by atoms with Crippen molar-refractivity contribution in [3.63, 3.8) is 0 Å². The number of carboxylic acids is 1. The van der Waals surface area contributed by atoms with Crippen molar-refractivity contribution < 1.29 is 14.7 Å². The predicted molar refractivity (Wildman–Crippen MR) is 74.6 cm³/mol. The van der Waals surface area contributed by atoms with Crippen LogP contribution in [0.5, 0.6) is 0 Å². The molecule has 0 bridgehead atoms.